The van der Waals surface area contributed by atoms with Crippen LogP contribution < -0.4 is 5.73 Å². The topological polar surface area (TPSA) is 63.3 Å². The van der Waals surface area contributed by atoms with Crippen LogP contribution in [0, 0.1) is 11.6 Å². The maximum absolute atomic E-state index is 12.9. The first-order valence-corrected chi connectivity index (χ1v) is 4.42. The first-order chi connectivity index (χ1) is 6.97. The standard InChI is InChI=1S/C9H8ClF2NO2/c10-6-2-8(12)7(11)1-4(6)5(3-13)9(14)15/h1-2,5H,3,13H2,(H,14,15). The van der Waals surface area contributed by atoms with Gasteiger partial charge in [0.2, 0.25) is 0 Å². The summed E-state index contributed by atoms with van der Waals surface area (Å²) in [5.41, 5.74) is 5.18. The molecule has 6 heteroatoms. The van der Waals surface area contributed by atoms with Gasteiger partial charge in [0.15, 0.2) is 11.6 Å². The van der Waals surface area contributed by atoms with Crippen LogP contribution >= 0.6 is 11.6 Å². The molecule has 3 nitrogen and oxygen atoms in total. The van der Waals surface area contributed by atoms with Gasteiger partial charge in [-0.1, -0.05) is 11.6 Å². The lowest BCUT2D eigenvalue weighted by atomic mass is 9.99. The molecule has 0 radical (unpaired) electrons. The molecule has 0 aromatic heterocycles. The molecule has 0 spiro atoms. The number of halogens is 3. The second-order valence-corrected chi connectivity index (χ2v) is 3.32. The number of hydrogen-bond acceptors (Lipinski definition) is 2. The summed E-state index contributed by atoms with van der Waals surface area (Å²) >= 11 is 5.59. The maximum Gasteiger partial charge on any atom is 0.312 e. The SMILES string of the molecule is NCC(C(=O)O)c1cc(F)c(F)cc1Cl. The molecule has 3 N–H and O–H groups in total. The summed E-state index contributed by atoms with van der Waals surface area (Å²) in [7, 11) is 0. The van der Waals surface area contributed by atoms with Gasteiger partial charge < -0.3 is 10.8 Å². The van der Waals surface area contributed by atoms with E-state index in [9.17, 15) is 13.6 Å². The summed E-state index contributed by atoms with van der Waals surface area (Å²) < 4.78 is 25.5. The molecule has 82 valence electrons. The zero-order chi connectivity index (χ0) is 11.6. The average molecular weight is 236 g/mol. The second kappa shape index (κ2) is 4.55. The fourth-order valence-electron chi connectivity index (χ4n) is 1.17. The van der Waals surface area contributed by atoms with Crippen molar-refractivity contribution in [3.8, 4) is 0 Å². The van der Waals surface area contributed by atoms with Gasteiger partial charge in [-0.3, -0.25) is 4.79 Å². The molecule has 1 unspecified atom stereocenters. The Morgan fingerprint density at radius 1 is 1.47 bits per heavy atom. The number of carbonyl (C=O) groups is 1. The Morgan fingerprint density at radius 2 is 2.00 bits per heavy atom. The molecule has 0 fully saturated rings. The molecule has 0 aliphatic heterocycles. The summed E-state index contributed by atoms with van der Waals surface area (Å²) in [4.78, 5) is 10.7. The summed E-state index contributed by atoms with van der Waals surface area (Å²) in [6, 6.07) is 1.49. The lowest BCUT2D eigenvalue weighted by Gasteiger charge is -2.12. The first kappa shape index (κ1) is 11.9. The Morgan fingerprint density at radius 3 is 2.47 bits per heavy atom. The largest absolute Gasteiger partial charge is 0.481 e. The number of nitrogens with two attached hydrogens (primary N) is 1. The predicted octanol–water partition coefficient (Wildman–Crippen LogP) is 1.75. The fraction of sp³-hybridized carbons (Fsp3) is 0.222. The third kappa shape index (κ3) is 2.43. The summed E-state index contributed by atoms with van der Waals surface area (Å²) in [6.45, 7) is -0.236. The molecular formula is C9H8ClF2NO2. The Bertz CT molecular complexity index is 398. The van der Waals surface area contributed by atoms with Crippen molar-refractivity contribution >= 4 is 17.6 Å². The van der Waals surface area contributed by atoms with E-state index in [4.69, 9.17) is 22.4 Å². The lowest BCUT2D eigenvalue weighted by molar-refractivity contribution is -0.138. The van der Waals surface area contributed by atoms with Crippen molar-refractivity contribution in [3.05, 3.63) is 34.4 Å². The van der Waals surface area contributed by atoms with E-state index in [1.165, 1.54) is 0 Å². The van der Waals surface area contributed by atoms with Crippen LogP contribution in [0.4, 0.5) is 8.78 Å². The third-order valence-corrected chi connectivity index (χ3v) is 2.28. The minimum atomic E-state index is -1.23. The van der Waals surface area contributed by atoms with E-state index in [-0.39, 0.29) is 17.1 Å². The fourth-order valence-corrected chi connectivity index (χ4v) is 1.45. The molecule has 15 heavy (non-hydrogen) atoms. The number of benzene rings is 1. The number of aliphatic carboxylic acids is 1. The highest BCUT2D eigenvalue weighted by Crippen LogP contribution is 2.26. The van der Waals surface area contributed by atoms with Gasteiger partial charge in [-0.25, -0.2) is 8.78 Å². The minimum absolute atomic E-state index is 0.0226. The molecule has 1 aromatic carbocycles. The second-order valence-electron chi connectivity index (χ2n) is 2.91. The molecular weight excluding hydrogens is 228 g/mol. The highest BCUT2D eigenvalue weighted by Gasteiger charge is 2.22. The van der Waals surface area contributed by atoms with E-state index in [1.54, 1.807) is 0 Å². The van der Waals surface area contributed by atoms with Crippen LogP contribution in [-0.4, -0.2) is 17.6 Å². The van der Waals surface area contributed by atoms with Crippen molar-refractivity contribution < 1.29 is 18.7 Å². The molecule has 0 aliphatic carbocycles. The van der Waals surface area contributed by atoms with Gasteiger partial charge in [-0.05, 0) is 17.7 Å². The maximum atomic E-state index is 12.9. The van der Waals surface area contributed by atoms with Gasteiger partial charge in [-0.2, -0.15) is 0 Å². The van der Waals surface area contributed by atoms with E-state index in [1.807, 2.05) is 0 Å². The van der Waals surface area contributed by atoms with Gasteiger partial charge in [0, 0.05) is 11.6 Å². The molecule has 0 saturated heterocycles. The quantitative estimate of drug-likeness (QED) is 0.785. The summed E-state index contributed by atoms with van der Waals surface area (Å²) in [5, 5.41) is 8.61. The van der Waals surface area contributed by atoms with E-state index in [0.717, 1.165) is 12.1 Å². The first-order valence-electron chi connectivity index (χ1n) is 4.04. The molecule has 0 saturated carbocycles. The van der Waals surface area contributed by atoms with Crippen LogP contribution in [-0.2, 0) is 4.79 Å². The van der Waals surface area contributed by atoms with E-state index < -0.39 is 23.5 Å². The number of carboxylic acid groups (broad SMARTS) is 1. The van der Waals surface area contributed by atoms with Crippen molar-refractivity contribution in [1.82, 2.24) is 0 Å². The van der Waals surface area contributed by atoms with Gasteiger partial charge in [0.1, 0.15) is 0 Å². The van der Waals surface area contributed by atoms with Crippen LogP contribution in [0.3, 0.4) is 0 Å². The normalized spacial score (nSPS) is 12.5. The average Bonchev–Trinajstić information content (AvgIpc) is 2.14. The zero-order valence-electron chi connectivity index (χ0n) is 7.51. The van der Waals surface area contributed by atoms with Crippen molar-refractivity contribution in [2.45, 2.75) is 5.92 Å². The lowest BCUT2D eigenvalue weighted by Crippen LogP contribution is -2.21. The van der Waals surface area contributed by atoms with Gasteiger partial charge in [0.05, 0.1) is 5.92 Å². The molecule has 1 aromatic rings. The highest BCUT2D eigenvalue weighted by atomic mass is 35.5. The van der Waals surface area contributed by atoms with Crippen molar-refractivity contribution in [1.29, 1.82) is 0 Å². The molecule has 0 aliphatic rings. The molecule has 1 atom stereocenters. The Kier molecular flexibility index (Phi) is 3.60. The molecule has 0 bridgehead atoms. The van der Waals surface area contributed by atoms with Gasteiger partial charge in [0.25, 0.3) is 0 Å². The Labute approximate surface area is 89.5 Å². The van der Waals surface area contributed by atoms with E-state index in [2.05, 4.69) is 0 Å². The van der Waals surface area contributed by atoms with Crippen molar-refractivity contribution in [3.63, 3.8) is 0 Å². The highest BCUT2D eigenvalue weighted by molar-refractivity contribution is 6.31. The van der Waals surface area contributed by atoms with Crippen molar-refractivity contribution in [2.24, 2.45) is 5.73 Å². The minimum Gasteiger partial charge on any atom is -0.481 e. The summed E-state index contributed by atoms with van der Waals surface area (Å²) in [6.07, 6.45) is 0. The monoisotopic (exact) mass is 235 g/mol. The number of rotatable bonds is 3. The van der Waals surface area contributed by atoms with Crippen LogP contribution in [0.25, 0.3) is 0 Å². The smallest absolute Gasteiger partial charge is 0.312 e. The van der Waals surface area contributed by atoms with Crippen LogP contribution in [0.1, 0.15) is 11.5 Å². The summed E-state index contributed by atoms with van der Waals surface area (Å²) in [5.74, 6) is -4.63. The van der Waals surface area contributed by atoms with Crippen LogP contribution in [0.5, 0.6) is 0 Å². The number of carboxylic acids is 1. The number of hydrogen-bond donors (Lipinski definition) is 2. The molecule has 0 heterocycles. The zero-order valence-corrected chi connectivity index (χ0v) is 8.26. The van der Waals surface area contributed by atoms with Crippen LogP contribution in [0.2, 0.25) is 5.02 Å². The van der Waals surface area contributed by atoms with Gasteiger partial charge >= 0.3 is 5.97 Å². The third-order valence-electron chi connectivity index (χ3n) is 1.95. The van der Waals surface area contributed by atoms with Gasteiger partial charge in [-0.15, -0.1) is 0 Å². The van der Waals surface area contributed by atoms with Crippen molar-refractivity contribution in [2.75, 3.05) is 6.54 Å². The molecule has 1 rings (SSSR count). The Hall–Kier alpha value is -1.20. The molecule has 0 amide bonds. The Balaban J connectivity index is 3.24. The van der Waals surface area contributed by atoms with Crippen LogP contribution in [0.15, 0.2) is 12.1 Å². The van der Waals surface area contributed by atoms with E-state index >= 15 is 0 Å². The predicted molar refractivity (Wildman–Crippen MR) is 50.8 cm³/mol. The van der Waals surface area contributed by atoms with E-state index in [0.29, 0.717) is 0 Å².